The highest BCUT2D eigenvalue weighted by Crippen LogP contribution is 2.31. The van der Waals surface area contributed by atoms with Gasteiger partial charge in [0.05, 0.1) is 13.2 Å². The summed E-state index contributed by atoms with van der Waals surface area (Å²) in [5.74, 6) is 0.611. The fraction of sp³-hybridized carbons (Fsp3) is 0.929. The van der Waals surface area contributed by atoms with E-state index in [4.69, 9.17) is 4.74 Å². The Morgan fingerprint density at radius 3 is 2.78 bits per heavy atom. The topological polar surface area (TPSA) is 33.6 Å². The van der Waals surface area contributed by atoms with Crippen LogP contribution in [0.4, 0.5) is 0 Å². The van der Waals surface area contributed by atoms with Crippen molar-refractivity contribution in [3.8, 4) is 0 Å². The van der Waals surface area contributed by atoms with Gasteiger partial charge in [-0.2, -0.15) is 0 Å². The molecule has 0 amide bonds. The second-order valence-electron chi connectivity index (χ2n) is 6.55. The summed E-state index contributed by atoms with van der Waals surface area (Å²) < 4.78 is 5.54. The number of nitrogens with one attached hydrogen (secondary N) is 1. The molecule has 1 heterocycles. The van der Waals surface area contributed by atoms with Crippen molar-refractivity contribution in [1.82, 2.24) is 5.32 Å². The van der Waals surface area contributed by atoms with Gasteiger partial charge in [-0.1, -0.05) is 46.4 Å². The lowest BCUT2D eigenvalue weighted by molar-refractivity contribution is 0.114. The third-order valence-corrected chi connectivity index (χ3v) is 3.68. The minimum Gasteiger partial charge on any atom is -0.379 e. The van der Waals surface area contributed by atoms with Crippen LogP contribution in [0.25, 0.3) is 0 Å². The molecule has 0 aliphatic carbocycles. The highest BCUT2D eigenvalue weighted by atomic mass is 32.2. The summed E-state index contributed by atoms with van der Waals surface area (Å²) in [4.78, 5) is 4.55. The van der Waals surface area contributed by atoms with Gasteiger partial charge in [0, 0.05) is 18.4 Å². The summed E-state index contributed by atoms with van der Waals surface area (Å²) in [7, 11) is 0. The van der Waals surface area contributed by atoms with E-state index in [1.165, 1.54) is 6.42 Å². The third kappa shape index (κ3) is 7.27. The molecule has 1 aliphatic heterocycles. The molecule has 1 N–H and O–H groups in total. The van der Waals surface area contributed by atoms with E-state index in [1.54, 1.807) is 0 Å². The van der Waals surface area contributed by atoms with Crippen molar-refractivity contribution in [3.05, 3.63) is 0 Å². The Balaban J connectivity index is 2.08. The summed E-state index contributed by atoms with van der Waals surface area (Å²) in [6, 6.07) is 0. The summed E-state index contributed by atoms with van der Waals surface area (Å²) in [5, 5.41) is 5.10. The molecule has 106 valence electrons. The minimum absolute atomic E-state index is 0.392. The number of thioether (sulfide) groups is 1. The first-order chi connectivity index (χ1) is 8.37. The van der Waals surface area contributed by atoms with Crippen molar-refractivity contribution in [1.29, 1.82) is 0 Å². The van der Waals surface area contributed by atoms with E-state index in [1.807, 2.05) is 11.8 Å². The second kappa shape index (κ2) is 7.39. The molecule has 0 spiro atoms. The standard InChI is InChI=1S/C14H28N2OS/c1-11(2)10-17-7-6-15-13-16-9-12(18-13)8-14(3,4)5/h11-12H,6-10H2,1-5H3,(H,15,16). The van der Waals surface area contributed by atoms with E-state index in [-0.39, 0.29) is 0 Å². The molecule has 4 heteroatoms. The van der Waals surface area contributed by atoms with E-state index in [0.717, 1.165) is 31.5 Å². The van der Waals surface area contributed by atoms with E-state index >= 15 is 0 Å². The number of hydrogen-bond acceptors (Lipinski definition) is 4. The maximum atomic E-state index is 5.54. The fourth-order valence-corrected chi connectivity index (χ4v) is 3.24. The number of rotatable bonds is 6. The SMILES string of the molecule is CC(C)COCCNC1=NCC(CC(C)(C)C)S1. The van der Waals surface area contributed by atoms with Crippen LogP contribution in [0.5, 0.6) is 0 Å². The Morgan fingerprint density at radius 1 is 1.44 bits per heavy atom. The van der Waals surface area contributed by atoms with E-state index < -0.39 is 0 Å². The van der Waals surface area contributed by atoms with Crippen molar-refractivity contribution in [2.45, 2.75) is 46.3 Å². The highest BCUT2D eigenvalue weighted by Gasteiger charge is 2.24. The van der Waals surface area contributed by atoms with Gasteiger partial charge in [-0.3, -0.25) is 4.99 Å². The Hall–Kier alpha value is -0.220. The molecule has 0 aromatic heterocycles. The van der Waals surface area contributed by atoms with Crippen LogP contribution in [0.3, 0.4) is 0 Å². The second-order valence-corrected chi connectivity index (χ2v) is 7.84. The Morgan fingerprint density at radius 2 is 2.17 bits per heavy atom. The number of hydrogen-bond donors (Lipinski definition) is 1. The predicted molar refractivity (Wildman–Crippen MR) is 81.4 cm³/mol. The first kappa shape index (κ1) is 15.8. The summed E-state index contributed by atoms with van der Waals surface area (Å²) in [6.07, 6.45) is 1.22. The lowest BCUT2D eigenvalue weighted by atomic mass is 9.90. The molecule has 0 saturated heterocycles. The van der Waals surface area contributed by atoms with Crippen molar-refractivity contribution >= 4 is 16.9 Å². The molecule has 0 saturated carbocycles. The maximum absolute atomic E-state index is 5.54. The number of amidine groups is 1. The van der Waals surface area contributed by atoms with Crippen LogP contribution in [0.1, 0.15) is 41.0 Å². The molecule has 0 bridgehead atoms. The summed E-state index contributed by atoms with van der Waals surface area (Å²) in [5.41, 5.74) is 0.392. The van der Waals surface area contributed by atoms with E-state index in [2.05, 4.69) is 44.9 Å². The molecule has 0 aromatic rings. The van der Waals surface area contributed by atoms with Gasteiger partial charge in [0.15, 0.2) is 5.17 Å². The highest BCUT2D eigenvalue weighted by molar-refractivity contribution is 8.14. The van der Waals surface area contributed by atoms with Gasteiger partial charge in [-0.25, -0.2) is 0 Å². The number of aliphatic imine (C=N–C) groups is 1. The first-order valence-corrected chi connectivity index (χ1v) is 7.77. The number of nitrogens with zero attached hydrogens (tertiary/aromatic N) is 1. The summed E-state index contributed by atoms with van der Waals surface area (Å²) in [6.45, 7) is 14.6. The van der Waals surface area contributed by atoms with Crippen LogP contribution in [0.2, 0.25) is 0 Å². The zero-order valence-corrected chi connectivity index (χ0v) is 13.3. The molecule has 1 rings (SSSR count). The molecule has 0 aromatic carbocycles. The predicted octanol–water partition coefficient (Wildman–Crippen LogP) is 3.16. The molecule has 3 nitrogen and oxygen atoms in total. The Kier molecular flexibility index (Phi) is 6.50. The van der Waals surface area contributed by atoms with Crippen molar-refractivity contribution in [3.63, 3.8) is 0 Å². The number of ether oxygens (including phenoxy) is 1. The van der Waals surface area contributed by atoms with E-state index in [9.17, 15) is 0 Å². The Bertz CT molecular complexity index is 271. The molecular formula is C14H28N2OS. The molecule has 1 aliphatic rings. The van der Waals surface area contributed by atoms with Gasteiger partial charge < -0.3 is 10.1 Å². The molecule has 0 fully saturated rings. The van der Waals surface area contributed by atoms with Gasteiger partial charge in [-0.15, -0.1) is 0 Å². The normalized spacial score (nSPS) is 20.3. The first-order valence-electron chi connectivity index (χ1n) is 6.89. The van der Waals surface area contributed by atoms with Crippen molar-refractivity contribution in [2.24, 2.45) is 16.3 Å². The third-order valence-electron chi connectivity index (χ3n) is 2.53. The fourth-order valence-electron chi connectivity index (χ4n) is 1.85. The van der Waals surface area contributed by atoms with Crippen molar-refractivity contribution in [2.75, 3.05) is 26.3 Å². The van der Waals surface area contributed by atoms with Crippen LogP contribution < -0.4 is 5.32 Å². The van der Waals surface area contributed by atoms with Gasteiger partial charge in [0.1, 0.15) is 0 Å². The summed E-state index contributed by atoms with van der Waals surface area (Å²) >= 11 is 1.89. The van der Waals surface area contributed by atoms with Crippen molar-refractivity contribution < 1.29 is 4.74 Å². The van der Waals surface area contributed by atoms with Gasteiger partial charge in [0.25, 0.3) is 0 Å². The lowest BCUT2D eigenvalue weighted by Gasteiger charge is -2.21. The molecular weight excluding hydrogens is 244 g/mol. The molecule has 0 radical (unpaired) electrons. The van der Waals surface area contributed by atoms with Crippen LogP contribution in [0, 0.1) is 11.3 Å². The van der Waals surface area contributed by atoms with Crippen LogP contribution in [0.15, 0.2) is 4.99 Å². The molecule has 1 unspecified atom stereocenters. The average molecular weight is 272 g/mol. The Labute approximate surface area is 116 Å². The smallest absolute Gasteiger partial charge is 0.157 e. The minimum atomic E-state index is 0.392. The largest absolute Gasteiger partial charge is 0.379 e. The van der Waals surface area contributed by atoms with Gasteiger partial charge in [-0.05, 0) is 17.8 Å². The van der Waals surface area contributed by atoms with E-state index in [0.29, 0.717) is 16.6 Å². The maximum Gasteiger partial charge on any atom is 0.157 e. The average Bonchev–Trinajstić information content (AvgIpc) is 2.62. The monoisotopic (exact) mass is 272 g/mol. The van der Waals surface area contributed by atoms with Crippen LogP contribution >= 0.6 is 11.8 Å². The lowest BCUT2D eigenvalue weighted by Crippen LogP contribution is -2.25. The van der Waals surface area contributed by atoms with Crippen LogP contribution in [-0.4, -0.2) is 36.7 Å². The molecule has 18 heavy (non-hydrogen) atoms. The molecule has 1 atom stereocenters. The van der Waals surface area contributed by atoms with Gasteiger partial charge in [0.2, 0.25) is 0 Å². The zero-order valence-electron chi connectivity index (χ0n) is 12.5. The zero-order chi connectivity index (χ0) is 13.6. The van der Waals surface area contributed by atoms with Crippen LogP contribution in [-0.2, 0) is 4.74 Å². The quantitative estimate of drug-likeness (QED) is 0.754. The van der Waals surface area contributed by atoms with Gasteiger partial charge >= 0.3 is 0 Å².